The average Bonchev–Trinajstić information content (AvgIpc) is 2.05. The van der Waals surface area contributed by atoms with E-state index in [1.54, 1.807) is 3.57 Å². The van der Waals surface area contributed by atoms with Crippen LogP contribution in [0.1, 0.15) is 5.56 Å². The van der Waals surface area contributed by atoms with Crippen LogP contribution in [0.3, 0.4) is 0 Å². The monoisotopic (exact) mass is 243 g/mol. The van der Waals surface area contributed by atoms with Gasteiger partial charge in [0.05, 0.1) is 0 Å². The predicted octanol–water partition coefficient (Wildman–Crippen LogP) is -0.985. The van der Waals surface area contributed by atoms with Crippen LogP contribution >= 0.6 is 0 Å². The number of hydrogen-bond acceptors (Lipinski definition) is 0. The Morgan fingerprint density at radius 2 is 2.10 bits per heavy atom. The zero-order valence-corrected chi connectivity index (χ0v) is 7.71. The van der Waals surface area contributed by atoms with Gasteiger partial charge in [-0.25, -0.2) is 0 Å². The predicted molar refractivity (Wildman–Crippen MR) is 38.0 cm³/mol. The van der Waals surface area contributed by atoms with Crippen molar-refractivity contribution in [3.05, 3.63) is 43.6 Å². The van der Waals surface area contributed by atoms with Crippen molar-refractivity contribution in [3.63, 3.8) is 0 Å². The van der Waals surface area contributed by atoms with Crippen LogP contribution < -0.4 is 21.2 Å². The van der Waals surface area contributed by atoms with Crippen molar-refractivity contribution in [2.24, 2.45) is 0 Å². The zero-order chi connectivity index (χ0) is 6.81. The van der Waals surface area contributed by atoms with E-state index in [1.807, 2.05) is 0 Å². The normalized spacial score (nSPS) is 15.6. The second kappa shape index (κ2) is 2.74. The van der Waals surface area contributed by atoms with Gasteiger partial charge in [-0.3, -0.25) is 0 Å². The second-order valence-electron chi connectivity index (χ2n) is 2.27. The molecule has 0 N–H and O–H groups in total. The summed E-state index contributed by atoms with van der Waals surface area (Å²) in [5.74, 6) is 0. The third kappa shape index (κ3) is 1.10. The molecule has 0 aromatic heterocycles. The molecule has 0 bridgehead atoms. The van der Waals surface area contributed by atoms with Crippen LogP contribution in [-0.2, 0) is 6.42 Å². The van der Waals surface area contributed by atoms with Crippen molar-refractivity contribution in [2.45, 2.75) is 6.42 Å². The van der Waals surface area contributed by atoms with E-state index in [0.29, 0.717) is 0 Å². The summed E-state index contributed by atoms with van der Waals surface area (Å²) < 4.78 is 3.95. The van der Waals surface area contributed by atoms with Crippen LogP contribution in [0, 0.1) is 3.57 Å². The fraction of sp³-hybridized carbons (Fsp3) is 0.111. The zero-order valence-electron chi connectivity index (χ0n) is 5.55. The van der Waals surface area contributed by atoms with Crippen LogP contribution in [-0.4, -0.2) is 0 Å². The Kier molecular flexibility index (Phi) is 1.76. The number of hydrogen-bond donors (Lipinski definition) is 0. The van der Waals surface area contributed by atoms with Crippen LogP contribution in [0.25, 0.3) is 0 Å². The Morgan fingerprint density at radius 1 is 1.20 bits per heavy atom. The molecule has 1 aromatic rings. The van der Waals surface area contributed by atoms with Crippen LogP contribution in [0.2, 0.25) is 0 Å². The molecular formula is C9H8I-. The Balaban J connectivity index is 2.47. The molecule has 0 unspecified atom stereocenters. The van der Waals surface area contributed by atoms with Crippen molar-refractivity contribution < 1.29 is 21.2 Å². The van der Waals surface area contributed by atoms with Crippen molar-refractivity contribution in [3.8, 4) is 0 Å². The molecule has 0 fully saturated rings. The average molecular weight is 243 g/mol. The van der Waals surface area contributed by atoms with Gasteiger partial charge in [0.15, 0.2) is 0 Å². The molecule has 0 amide bonds. The summed E-state index contributed by atoms with van der Waals surface area (Å²) in [4.78, 5) is 0. The van der Waals surface area contributed by atoms with E-state index in [4.69, 9.17) is 0 Å². The van der Waals surface area contributed by atoms with Crippen LogP contribution in [0.4, 0.5) is 0 Å². The third-order valence-corrected chi connectivity index (χ3v) is 4.16. The van der Waals surface area contributed by atoms with Gasteiger partial charge in [0.25, 0.3) is 0 Å². The molecule has 1 heterocycles. The summed E-state index contributed by atoms with van der Waals surface area (Å²) in [6.07, 6.45) is 3.44. The van der Waals surface area contributed by atoms with Gasteiger partial charge in [-0.05, 0) is 0 Å². The molecule has 0 saturated heterocycles. The first-order chi connectivity index (χ1) is 4.97. The first-order valence-corrected chi connectivity index (χ1v) is 5.65. The number of halogens is 1. The van der Waals surface area contributed by atoms with Gasteiger partial charge in [0, 0.05) is 0 Å². The maximum atomic E-state index is 2.35. The van der Waals surface area contributed by atoms with Crippen LogP contribution in [0.15, 0.2) is 34.4 Å². The van der Waals surface area contributed by atoms with Crippen molar-refractivity contribution in [1.82, 2.24) is 0 Å². The molecular weight excluding hydrogens is 235 g/mol. The third-order valence-electron chi connectivity index (χ3n) is 1.57. The Hall–Kier alpha value is -0.310. The van der Waals surface area contributed by atoms with Crippen molar-refractivity contribution in [1.29, 1.82) is 0 Å². The molecule has 1 heteroatoms. The molecule has 0 aliphatic carbocycles. The second-order valence-corrected chi connectivity index (χ2v) is 4.77. The van der Waals surface area contributed by atoms with E-state index in [-0.39, 0.29) is 21.2 Å². The summed E-state index contributed by atoms with van der Waals surface area (Å²) in [6, 6.07) is 8.75. The molecule has 52 valence electrons. The van der Waals surface area contributed by atoms with Gasteiger partial charge in [-0.1, -0.05) is 0 Å². The van der Waals surface area contributed by atoms with E-state index in [2.05, 4.69) is 34.4 Å². The molecule has 0 radical (unpaired) electrons. The van der Waals surface area contributed by atoms with Gasteiger partial charge in [0.2, 0.25) is 0 Å². The number of rotatable bonds is 0. The van der Waals surface area contributed by atoms with Crippen molar-refractivity contribution >= 4 is 0 Å². The van der Waals surface area contributed by atoms with Crippen LogP contribution in [0.5, 0.6) is 0 Å². The number of allylic oxidation sites excluding steroid dienone is 1. The summed E-state index contributed by atoms with van der Waals surface area (Å²) in [5.41, 5.74) is 1.54. The summed E-state index contributed by atoms with van der Waals surface area (Å²) in [5, 5.41) is 0. The number of benzene rings is 1. The molecule has 0 nitrogen and oxygen atoms in total. The maximum absolute atomic E-state index is 2.35. The summed E-state index contributed by atoms with van der Waals surface area (Å²) >= 11 is 0.214. The van der Waals surface area contributed by atoms with E-state index in [1.165, 1.54) is 5.56 Å². The first-order valence-electron chi connectivity index (χ1n) is 3.33. The Bertz CT molecular complexity index is 236. The first kappa shape index (κ1) is 6.40. The standard InChI is InChI=1S/C9H8I/c1-2-6-9-8(4-1)5-3-7-10-9/h1-4,6-7H,5H2/q-1. The molecule has 2 rings (SSSR count). The fourth-order valence-corrected chi connectivity index (χ4v) is 3.17. The summed E-state index contributed by atoms with van der Waals surface area (Å²) in [6.45, 7) is 0. The SMILES string of the molecule is C1=C[I-]c2ccccc2C1. The van der Waals surface area contributed by atoms with Gasteiger partial charge in [-0.2, -0.15) is 0 Å². The molecule has 0 atom stereocenters. The molecule has 1 aliphatic rings. The quantitative estimate of drug-likeness (QED) is 0.513. The minimum atomic E-state index is 0.214. The Morgan fingerprint density at radius 3 is 3.00 bits per heavy atom. The van der Waals surface area contributed by atoms with Crippen molar-refractivity contribution in [2.75, 3.05) is 0 Å². The molecule has 0 saturated carbocycles. The Labute approximate surface area is 71.2 Å². The van der Waals surface area contributed by atoms with Gasteiger partial charge < -0.3 is 0 Å². The van der Waals surface area contributed by atoms with Gasteiger partial charge in [-0.15, -0.1) is 0 Å². The minimum absolute atomic E-state index is 0.214. The van der Waals surface area contributed by atoms with E-state index < -0.39 is 0 Å². The topological polar surface area (TPSA) is 0 Å². The van der Waals surface area contributed by atoms with E-state index >= 15 is 0 Å². The molecule has 10 heavy (non-hydrogen) atoms. The molecule has 1 aliphatic heterocycles. The van der Waals surface area contributed by atoms with E-state index in [9.17, 15) is 0 Å². The van der Waals surface area contributed by atoms with E-state index in [0.717, 1.165) is 6.42 Å². The van der Waals surface area contributed by atoms with Gasteiger partial charge >= 0.3 is 71.2 Å². The molecule has 0 spiro atoms. The summed E-state index contributed by atoms with van der Waals surface area (Å²) in [7, 11) is 0. The number of fused-ring (bicyclic) bond motifs is 1. The fourth-order valence-electron chi connectivity index (χ4n) is 1.05. The van der Waals surface area contributed by atoms with Gasteiger partial charge in [0.1, 0.15) is 0 Å². The molecule has 1 aromatic carbocycles.